The molecule has 7 nitrogen and oxygen atoms in total. The molecule has 1 fully saturated rings. The number of nitrogens with one attached hydrogen (secondary N) is 1. The van der Waals surface area contributed by atoms with Gasteiger partial charge >= 0.3 is 6.18 Å². The van der Waals surface area contributed by atoms with Crippen LogP contribution in [0.1, 0.15) is 29.0 Å². The number of ether oxygens (including phenoxy) is 1. The van der Waals surface area contributed by atoms with Crippen LogP contribution in [0, 0.1) is 0 Å². The second-order valence-electron chi connectivity index (χ2n) is 7.88. The van der Waals surface area contributed by atoms with E-state index in [9.17, 15) is 18.0 Å². The zero-order valence-electron chi connectivity index (χ0n) is 17.6. The molecule has 0 spiro atoms. The van der Waals surface area contributed by atoms with Crippen LogP contribution in [0.3, 0.4) is 0 Å². The van der Waals surface area contributed by atoms with E-state index in [0.717, 1.165) is 38.1 Å². The highest BCUT2D eigenvalue weighted by Crippen LogP contribution is 2.35. The fraction of sp³-hybridized carbons (Fsp3) is 0.364. The fourth-order valence-corrected chi connectivity index (χ4v) is 3.66. The van der Waals surface area contributed by atoms with E-state index in [2.05, 4.69) is 15.3 Å². The first-order valence-electron chi connectivity index (χ1n) is 10.1. The summed E-state index contributed by atoms with van der Waals surface area (Å²) in [4.78, 5) is 15.0. The first kappa shape index (κ1) is 21.9. The van der Waals surface area contributed by atoms with E-state index in [4.69, 9.17) is 9.15 Å². The predicted molar refractivity (Wildman–Crippen MR) is 111 cm³/mol. The van der Waals surface area contributed by atoms with Crippen molar-refractivity contribution in [1.29, 1.82) is 0 Å². The molecule has 0 bridgehead atoms. The van der Waals surface area contributed by atoms with Crippen LogP contribution in [0.25, 0.3) is 11.1 Å². The molecule has 0 radical (unpaired) electrons. The van der Waals surface area contributed by atoms with Crippen LogP contribution >= 0.6 is 0 Å². The number of nitrogens with zero attached hydrogens (tertiary/aromatic N) is 3. The second kappa shape index (κ2) is 8.70. The molecule has 1 saturated heterocycles. The molecule has 32 heavy (non-hydrogen) atoms. The Morgan fingerprint density at radius 3 is 2.62 bits per heavy atom. The molecule has 3 aromatic rings. The molecule has 10 heteroatoms. The van der Waals surface area contributed by atoms with Crippen LogP contribution in [0.15, 0.2) is 47.3 Å². The average Bonchev–Trinajstić information content (AvgIpc) is 3.38. The normalized spacial score (nSPS) is 15.7. The number of alkyl halides is 3. The Morgan fingerprint density at radius 2 is 1.97 bits per heavy atom. The second-order valence-corrected chi connectivity index (χ2v) is 7.88. The molecule has 1 aliphatic rings. The number of halogens is 3. The van der Waals surface area contributed by atoms with E-state index >= 15 is 0 Å². The van der Waals surface area contributed by atoms with Crippen molar-refractivity contribution in [2.24, 2.45) is 7.05 Å². The molecule has 0 unspecified atom stereocenters. The van der Waals surface area contributed by atoms with Gasteiger partial charge in [0.05, 0.1) is 18.0 Å². The SMILES string of the molecule is CN1CCC(Oc2cc(NC(=O)c3occc3-c3cnn(C)c3)cc(C(F)(F)F)c2)CC1. The summed E-state index contributed by atoms with van der Waals surface area (Å²) in [5, 5.41) is 6.58. The Bertz CT molecular complexity index is 1100. The quantitative estimate of drug-likeness (QED) is 0.626. The van der Waals surface area contributed by atoms with Gasteiger partial charge in [-0.2, -0.15) is 18.3 Å². The van der Waals surface area contributed by atoms with Gasteiger partial charge in [0.2, 0.25) is 0 Å². The van der Waals surface area contributed by atoms with Gasteiger partial charge < -0.3 is 19.4 Å². The molecule has 1 amide bonds. The Balaban J connectivity index is 1.58. The summed E-state index contributed by atoms with van der Waals surface area (Å²) >= 11 is 0. The fourth-order valence-electron chi connectivity index (χ4n) is 3.66. The van der Waals surface area contributed by atoms with Crippen LogP contribution in [-0.4, -0.2) is 46.8 Å². The van der Waals surface area contributed by atoms with Crippen LogP contribution in [0.5, 0.6) is 5.75 Å². The largest absolute Gasteiger partial charge is 0.490 e. The highest BCUT2D eigenvalue weighted by molar-refractivity contribution is 6.06. The van der Waals surface area contributed by atoms with Gasteiger partial charge in [0.15, 0.2) is 5.76 Å². The third-order valence-electron chi connectivity index (χ3n) is 5.35. The molecule has 3 heterocycles. The lowest BCUT2D eigenvalue weighted by Crippen LogP contribution is -2.35. The average molecular weight is 448 g/mol. The maximum atomic E-state index is 13.5. The highest BCUT2D eigenvalue weighted by Gasteiger charge is 2.32. The topological polar surface area (TPSA) is 72.5 Å². The monoisotopic (exact) mass is 448 g/mol. The summed E-state index contributed by atoms with van der Waals surface area (Å²) in [5.74, 6) is -0.622. The molecule has 1 aliphatic heterocycles. The predicted octanol–water partition coefficient (Wildman–Crippen LogP) is 4.42. The van der Waals surface area contributed by atoms with Crippen LogP contribution in [-0.2, 0) is 13.2 Å². The number of furan rings is 1. The number of amides is 1. The molecule has 0 atom stereocenters. The van der Waals surface area contributed by atoms with E-state index in [1.165, 1.54) is 12.3 Å². The van der Waals surface area contributed by atoms with Gasteiger partial charge in [-0.05, 0) is 38.1 Å². The van der Waals surface area contributed by atoms with Crippen molar-refractivity contribution in [2.75, 3.05) is 25.5 Å². The summed E-state index contributed by atoms with van der Waals surface area (Å²) in [6.07, 6.45) is 1.29. The summed E-state index contributed by atoms with van der Waals surface area (Å²) in [5.41, 5.74) is 0.221. The zero-order valence-corrected chi connectivity index (χ0v) is 17.6. The smallest absolute Gasteiger partial charge is 0.416 e. The minimum absolute atomic E-state index is 0.0202. The molecular weight excluding hydrogens is 425 g/mol. The third kappa shape index (κ3) is 4.96. The minimum atomic E-state index is -4.59. The van der Waals surface area contributed by atoms with Gasteiger partial charge in [-0.25, -0.2) is 0 Å². The number of hydrogen-bond donors (Lipinski definition) is 1. The maximum absolute atomic E-state index is 13.5. The van der Waals surface area contributed by atoms with Crippen molar-refractivity contribution >= 4 is 11.6 Å². The lowest BCUT2D eigenvalue weighted by Gasteiger charge is -2.29. The molecule has 0 saturated carbocycles. The van der Waals surface area contributed by atoms with Crippen LogP contribution < -0.4 is 10.1 Å². The number of aromatic nitrogens is 2. The van der Waals surface area contributed by atoms with Gasteiger partial charge in [0.1, 0.15) is 11.9 Å². The lowest BCUT2D eigenvalue weighted by atomic mass is 10.1. The molecular formula is C22H23F3N4O3. The number of aryl methyl sites for hydroxylation is 1. The summed E-state index contributed by atoms with van der Waals surface area (Å²) in [7, 11) is 3.72. The molecule has 1 aromatic carbocycles. The molecule has 4 rings (SSSR count). The van der Waals surface area contributed by atoms with E-state index in [1.807, 2.05) is 7.05 Å². The van der Waals surface area contributed by atoms with Gasteiger partial charge in [0.25, 0.3) is 5.91 Å². The van der Waals surface area contributed by atoms with E-state index in [0.29, 0.717) is 11.1 Å². The van der Waals surface area contributed by atoms with Crippen molar-refractivity contribution < 1.29 is 27.1 Å². The highest BCUT2D eigenvalue weighted by atomic mass is 19.4. The van der Waals surface area contributed by atoms with Crippen molar-refractivity contribution in [2.45, 2.75) is 25.1 Å². The van der Waals surface area contributed by atoms with E-state index in [1.54, 1.807) is 30.2 Å². The third-order valence-corrected chi connectivity index (χ3v) is 5.35. The van der Waals surface area contributed by atoms with Crippen molar-refractivity contribution in [3.8, 4) is 16.9 Å². The standard InChI is InChI=1S/C22H23F3N4O3/c1-28-6-3-17(4-7-28)32-18-10-15(22(23,24)25)9-16(11-18)27-21(30)20-19(5-8-31-20)14-12-26-29(2)13-14/h5,8-13,17H,3-4,6-7H2,1-2H3,(H,27,30). The van der Waals surface area contributed by atoms with E-state index in [-0.39, 0.29) is 23.3 Å². The summed E-state index contributed by atoms with van der Waals surface area (Å²) in [6, 6.07) is 4.85. The Kier molecular flexibility index (Phi) is 5.96. The first-order chi connectivity index (χ1) is 15.2. The number of hydrogen-bond acceptors (Lipinski definition) is 5. The molecule has 170 valence electrons. The van der Waals surface area contributed by atoms with Gasteiger partial charge in [0, 0.05) is 49.2 Å². The number of rotatable bonds is 5. The van der Waals surface area contributed by atoms with Crippen molar-refractivity contribution in [3.05, 3.63) is 54.2 Å². The Morgan fingerprint density at radius 1 is 1.22 bits per heavy atom. The number of benzene rings is 1. The number of anilines is 1. The van der Waals surface area contributed by atoms with Crippen molar-refractivity contribution in [1.82, 2.24) is 14.7 Å². The van der Waals surface area contributed by atoms with Gasteiger partial charge in [-0.1, -0.05) is 0 Å². The van der Waals surface area contributed by atoms with E-state index < -0.39 is 17.6 Å². The number of likely N-dealkylation sites (tertiary alicyclic amines) is 1. The molecule has 0 aliphatic carbocycles. The zero-order chi connectivity index (χ0) is 22.9. The van der Waals surface area contributed by atoms with Gasteiger partial charge in [-0.3, -0.25) is 9.48 Å². The molecule has 2 aromatic heterocycles. The number of carbonyl (C=O) groups excluding carboxylic acids is 1. The number of piperidine rings is 1. The summed E-state index contributed by atoms with van der Waals surface area (Å²) < 4.78 is 53.1. The summed E-state index contributed by atoms with van der Waals surface area (Å²) in [6.45, 7) is 1.62. The number of carbonyl (C=O) groups is 1. The maximum Gasteiger partial charge on any atom is 0.416 e. The first-order valence-corrected chi connectivity index (χ1v) is 10.1. The van der Waals surface area contributed by atoms with Gasteiger partial charge in [-0.15, -0.1) is 0 Å². The van der Waals surface area contributed by atoms with Crippen LogP contribution in [0.4, 0.5) is 18.9 Å². The Hall–Kier alpha value is -3.27. The lowest BCUT2D eigenvalue weighted by molar-refractivity contribution is -0.137. The minimum Gasteiger partial charge on any atom is -0.490 e. The van der Waals surface area contributed by atoms with Crippen molar-refractivity contribution in [3.63, 3.8) is 0 Å². The van der Waals surface area contributed by atoms with Crippen LogP contribution in [0.2, 0.25) is 0 Å². The Labute approximate surface area is 182 Å². The molecule has 1 N–H and O–H groups in total.